The van der Waals surface area contributed by atoms with Crippen LogP contribution in [0, 0.1) is 5.92 Å². The molecule has 0 saturated heterocycles. The number of carbonyl (C=O) groups excluding carboxylic acids is 1. The molecule has 1 aromatic heterocycles. The maximum absolute atomic E-state index is 12.4. The highest BCUT2D eigenvalue weighted by molar-refractivity contribution is 5.73. The summed E-state index contributed by atoms with van der Waals surface area (Å²) in [5, 5.41) is 10.2. The molecule has 0 spiro atoms. The summed E-state index contributed by atoms with van der Waals surface area (Å²) in [7, 11) is 0. The predicted molar refractivity (Wildman–Crippen MR) is 82.0 cm³/mol. The van der Waals surface area contributed by atoms with Gasteiger partial charge in [0, 0.05) is 6.04 Å². The Morgan fingerprint density at radius 1 is 1.21 bits per heavy atom. The fourth-order valence-corrected chi connectivity index (χ4v) is 2.59. The van der Waals surface area contributed by atoms with E-state index in [1.165, 1.54) is 6.07 Å². The molecule has 0 aliphatic heterocycles. The van der Waals surface area contributed by atoms with E-state index >= 15 is 0 Å². The van der Waals surface area contributed by atoms with Gasteiger partial charge in [0.1, 0.15) is 5.76 Å². The quantitative estimate of drug-likeness (QED) is 0.558. The van der Waals surface area contributed by atoms with Crippen LogP contribution >= 0.6 is 0 Å². The Morgan fingerprint density at radius 2 is 1.82 bits per heavy atom. The summed E-state index contributed by atoms with van der Waals surface area (Å²) in [5.41, 5.74) is 0. The SMILES string of the molecule is CCOC(=O)[C@@H]1CCC[C@H]1NCc1ccc(C(F)(F)F)o1.O=C(O)C(F)(F)F. The second-order valence-corrected chi connectivity index (χ2v) is 5.84. The average Bonchev–Trinajstić information content (AvgIpc) is 3.21. The Hall–Kier alpha value is -2.24. The van der Waals surface area contributed by atoms with Crippen molar-refractivity contribution < 1.29 is 50.2 Å². The van der Waals surface area contributed by atoms with E-state index in [1.807, 2.05) is 0 Å². The Labute approximate surface area is 155 Å². The average molecular weight is 419 g/mol. The van der Waals surface area contributed by atoms with Crippen LogP contribution < -0.4 is 5.32 Å². The van der Waals surface area contributed by atoms with Crippen molar-refractivity contribution in [1.82, 2.24) is 5.32 Å². The normalized spacial score (nSPS) is 19.7. The monoisotopic (exact) mass is 419 g/mol. The lowest BCUT2D eigenvalue weighted by molar-refractivity contribution is -0.192. The number of hydrogen-bond donors (Lipinski definition) is 2. The lowest BCUT2D eigenvalue weighted by Crippen LogP contribution is -2.36. The molecule has 0 radical (unpaired) electrons. The molecule has 0 amide bonds. The minimum atomic E-state index is -5.08. The molecule has 1 aliphatic rings. The van der Waals surface area contributed by atoms with Crippen LogP contribution in [0.3, 0.4) is 0 Å². The van der Waals surface area contributed by atoms with Gasteiger partial charge in [0.05, 0.1) is 19.1 Å². The van der Waals surface area contributed by atoms with Crippen molar-refractivity contribution in [1.29, 1.82) is 0 Å². The van der Waals surface area contributed by atoms with Gasteiger partial charge in [-0.3, -0.25) is 4.79 Å². The number of hydrogen-bond acceptors (Lipinski definition) is 5. The Morgan fingerprint density at radius 3 is 2.29 bits per heavy atom. The highest BCUT2D eigenvalue weighted by atomic mass is 19.4. The predicted octanol–water partition coefficient (Wildman–Crippen LogP) is 3.75. The van der Waals surface area contributed by atoms with E-state index < -0.39 is 24.1 Å². The van der Waals surface area contributed by atoms with Gasteiger partial charge in [0.25, 0.3) is 0 Å². The molecule has 6 nitrogen and oxygen atoms in total. The van der Waals surface area contributed by atoms with Gasteiger partial charge in [0.15, 0.2) is 0 Å². The molecule has 28 heavy (non-hydrogen) atoms. The van der Waals surface area contributed by atoms with Crippen LogP contribution in [-0.2, 0) is 27.0 Å². The molecular formula is C16H19F6NO5. The summed E-state index contributed by atoms with van der Waals surface area (Å²) in [6.07, 6.45) is -7.12. The maximum Gasteiger partial charge on any atom is 0.490 e. The molecule has 160 valence electrons. The van der Waals surface area contributed by atoms with Crippen molar-refractivity contribution in [3.8, 4) is 0 Å². The van der Waals surface area contributed by atoms with Crippen LogP contribution in [0.1, 0.15) is 37.7 Å². The molecule has 0 bridgehead atoms. The molecular weight excluding hydrogens is 400 g/mol. The summed E-state index contributed by atoms with van der Waals surface area (Å²) < 4.78 is 78.7. The second-order valence-electron chi connectivity index (χ2n) is 5.84. The summed E-state index contributed by atoms with van der Waals surface area (Å²) in [6.45, 7) is 2.24. The number of carbonyl (C=O) groups is 2. The van der Waals surface area contributed by atoms with Gasteiger partial charge in [-0.15, -0.1) is 0 Å². The number of ether oxygens (including phenoxy) is 1. The molecule has 1 fully saturated rings. The zero-order valence-corrected chi connectivity index (χ0v) is 14.7. The van der Waals surface area contributed by atoms with Crippen LogP contribution in [0.2, 0.25) is 0 Å². The van der Waals surface area contributed by atoms with E-state index in [0.717, 1.165) is 25.3 Å². The van der Waals surface area contributed by atoms with E-state index in [-0.39, 0.29) is 30.2 Å². The Kier molecular flexibility index (Phi) is 8.33. The van der Waals surface area contributed by atoms with Crippen molar-refractivity contribution in [3.05, 3.63) is 23.7 Å². The number of halogens is 6. The molecule has 1 saturated carbocycles. The molecule has 2 atom stereocenters. The van der Waals surface area contributed by atoms with Crippen LogP contribution in [0.4, 0.5) is 26.3 Å². The van der Waals surface area contributed by atoms with Crippen LogP contribution in [0.25, 0.3) is 0 Å². The highest BCUT2D eigenvalue weighted by Gasteiger charge is 2.38. The van der Waals surface area contributed by atoms with Crippen molar-refractivity contribution in [2.45, 2.75) is 51.1 Å². The van der Waals surface area contributed by atoms with Crippen molar-refractivity contribution in [3.63, 3.8) is 0 Å². The summed E-state index contributed by atoms with van der Waals surface area (Å²) in [6, 6.07) is 2.13. The lowest BCUT2D eigenvalue weighted by Gasteiger charge is -2.19. The largest absolute Gasteiger partial charge is 0.490 e. The van der Waals surface area contributed by atoms with E-state index in [2.05, 4.69) is 5.32 Å². The standard InChI is InChI=1S/C14H18F3NO3.C2HF3O2/c1-2-20-13(19)10-4-3-5-11(10)18-8-9-6-7-12(21-9)14(15,16)17;3-2(4,5)1(6)7/h6-7,10-11,18H,2-5,8H2,1H3;(H,6,7)/t10-,11-;/m1./s1. The molecule has 12 heteroatoms. The molecule has 1 aliphatic carbocycles. The lowest BCUT2D eigenvalue weighted by atomic mass is 10.0. The van der Waals surface area contributed by atoms with Crippen LogP contribution in [0.5, 0.6) is 0 Å². The molecule has 1 aromatic rings. The second kappa shape index (κ2) is 9.80. The van der Waals surface area contributed by atoms with Crippen molar-refractivity contribution in [2.24, 2.45) is 5.92 Å². The van der Waals surface area contributed by atoms with Gasteiger partial charge in [-0.05, 0) is 31.9 Å². The number of esters is 1. The van der Waals surface area contributed by atoms with Gasteiger partial charge >= 0.3 is 24.3 Å². The minimum Gasteiger partial charge on any atom is -0.475 e. The molecule has 2 rings (SSSR count). The summed E-state index contributed by atoms with van der Waals surface area (Å²) >= 11 is 0. The van der Waals surface area contributed by atoms with Crippen molar-refractivity contribution in [2.75, 3.05) is 6.61 Å². The Bertz CT molecular complexity index is 655. The summed E-state index contributed by atoms with van der Waals surface area (Å²) in [4.78, 5) is 20.7. The number of nitrogens with one attached hydrogen (secondary N) is 1. The number of alkyl halides is 6. The molecule has 0 unspecified atom stereocenters. The first kappa shape index (κ1) is 23.8. The van der Waals surface area contributed by atoms with E-state index in [9.17, 15) is 31.1 Å². The third kappa shape index (κ3) is 7.41. The maximum atomic E-state index is 12.4. The van der Waals surface area contributed by atoms with Gasteiger partial charge < -0.3 is 19.6 Å². The molecule has 1 heterocycles. The van der Waals surface area contributed by atoms with Crippen LogP contribution in [0.15, 0.2) is 16.5 Å². The first-order valence-electron chi connectivity index (χ1n) is 8.22. The smallest absolute Gasteiger partial charge is 0.475 e. The topological polar surface area (TPSA) is 88.8 Å². The van der Waals surface area contributed by atoms with Gasteiger partial charge in [0.2, 0.25) is 5.76 Å². The molecule has 2 N–H and O–H groups in total. The number of carboxylic acids is 1. The van der Waals surface area contributed by atoms with Crippen LogP contribution in [-0.4, -0.2) is 35.9 Å². The van der Waals surface area contributed by atoms with E-state index in [4.69, 9.17) is 19.1 Å². The highest BCUT2D eigenvalue weighted by Crippen LogP contribution is 2.31. The first-order chi connectivity index (χ1) is 12.9. The molecule has 0 aromatic carbocycles. The summed E-state index contributed by atoms with van der Waals surface area (Å²) in [5.74, 6) is -4.04. The zero-order valence-electron chi connectivity index (χ0n) is 14.7. The third-order valence-corrected chi connectivity index (χ3v) is 3.83. The van der Waals surface area contributed by atoms with E-state index in [0.29, 0.717) is 6.61 Å². The van der Waals surface area contributed by atoms with Gasteiger partial charge in [-0.1, -0.05) is 6.42 Å². The minimum absolute atomic E-state index is 0.0801. The van der Waals surface area contributed by atoms with Gasteiger partial charge in [-0.2, -0.15) is 26.3 Å². The number of aliphatic carboxylic acids is 1. The number of carboxylic acid groups (broad SMARTS) is 1. The zero-order chi connectivity index (χ0) is 21.5. The van der Waals surface area contributed by atoms with Crippen molar-refractivity contribution >= 4 is 11.9 Å². The number of furan rings is 1. The first-order valence-corrected chi connectivity index (χ1v) is 8.22. The van der Waals surface area contributed by atoms with E-state index in [1.54, 1.807) is 6.92 Å². The fourth-order valence-electron chi connectivity index (χ4n) is 2.59. The third-order valence-electron chi connectivity index (χ3n) is 3.83. The Balaban J connectivity index is 0.000000480. The fraction of sp³-hybridized carbons (Fsp3) is 0.625. The number of rotatable bonds is 5. The van der Waals surface area contributed by atoms with Gasteiger partial charge in [-0.25, -0.2) is 4.79 Å².